The minimum absolute atomic E-state index is 0.0432. The first-order chi connectivity index (χ1) is 7.44. The fraction of sp³-hybridized carbons (Fsp3) is 0.462. The highest BCUT2D eigenvalue weighted by atomic mass is 16.4. The van der Waals surface area contributed by atoms with Gasteiger partial charge in [0.15, 0.2) is 0 Å². The number of phenols is 1. The van der Waals surface area contributed by atoms with Gasteiger partial charge in [0.05, 0.1) is 5.41 Å². The van der Waals surface area contributed by atoms with E-state index in [0.717, 1.165) is 6.42 Å². The summed E-state index contributed by atoms with van der Waals surface area (Å²) in [5.41, 5.74) is -0.558. The molecule has 0 aromatic heterocycles. The molecule has 88 valence electrons. The lowest BCUT2D eigenvalue weighted by Gasteiger charge is -2.31. The summed E-state index contributed by atoms with van der Waals surface area (Å²) < 4.78 is 0. The number of phenolic OH excluding ortho intramolecular Hbond substituents is 1. The minimum atomic E-state index is -1.04. The van der Waals surface area contributed by atoms with Gasteiger partial charge in [-0.2, -0.15) is 0 Å². The van der Waals surface area contributed by atoms with Crippen LogP contribution in [-0.2, 0) is 10.2 Å². The number of hydrogen-bond donors (Lipinski definition) is 2. The largest absolute Gasteiger partial charge is 0.508 e. The summed E-state index contributed by atoms with van der Waals surface area (Å²) in [6.45, 7) is 5.50. The second-order valence-electron chi connectivity index (χ2n) is 4.33. The highest BCUT2D eigenvalue weighted by molar-refractivity contribution is 5.82. The van der Waals surface area contributed by atoms with E-state index < -0.39 is 11.4 Å². The van der Waals surface area contributed by atoms with Crippen LogP contribution in [0.3, 0.4) is 0 Å². The zero-order valence-electron chi connectivity index (χ0n) is 9.90. The molecule has 2 unspecified atom stereocenters. The highest BCUT2D eigenvalue weighted by Crippen LogP contribution is 2.38. The van der Waals surface area contributed by atoms with Crippen LogP contribution in [-0.4, -0.2) is 16.2 Å². The first kappa shape index (κ1) is 12.6. The summed E-state index contributed by atoms with van der Waals surface area (Å²) >= 11 is 0. The van der Waals surface area contributed by atoms with Gasteiger partial charge in [0.2, 0.25) is 0 Å². The van der Waals surface area contributed by atoms with Crippen LogP contribution in [0.2, 0.25) is 0 Å². The quantitative estimate of drug-likeness (QED) is 0.823. The van der Waals surface area contributed by atoms with Crippen molar-refractivity contribution >= 4 is 5.97 Å². The Morgan fingerprint density at radius 3 is 2.44 bits per heavy atom. The first-order valence-corrected chi connectivity index (χ1v) is 5.46. The van der Waals surface area contributed by atoms with E-state index in [2.05, 4.69) is 0 Å². The number of aliphatic carboxylic acids is 1. The maximum atomic E-state index is 11.5. The Labute approximate surface area is 95.7 Å². The van der Waals surface area contributed by atoms with E-state index in [9.17, 15) is 15.0 Å². The van der Waals surface area contributed by atoms with Crippen molar-refractivity contribution in [1.29, 1.82) is 0 Å². The second kappa shape index (κ2) is 4.56. The van der Waals surface area contributed by atoms with Crippen LogP contribution in [0, 0.1) is 5.92 Å². The van der Waals surface area contributed by atoms with Crippen LogP contribution < -0.4 is 0 Å². The average molecular weight is 222 g/mol. The first-order valence-electron chi connectivity index (χ1n) is 5.46. The fourth-order valence-electron chi connectivity index (χ4n) is 1.91. The summed E-state index contributed by atoms with van der Waals surface area (Å²) in [4.78, 5) is 11.5. The van der Waals surface area contributed by atoms with Gasteiger partial charge in [0.1, 0.15) is 5.75 Å². The number of para-hydroxylation sites is 1. The van der Waals surface area contributed by atoms with Gasteiger partial charge in [-0.25, -0.2) is 0 Å². The van der Waals surface area contributed by atoms with E-state index in [4.69, 9.17) is 0 Å². The average Bonchev–Trinajstić information content (AvgIpc) is 2.27. The van der Waals surface area contributed by atoms with Crippen molar-refractivity contribution in [2.24, 2.45) is 5.92 Å². The van der Waals surface area contributed by atoms with Crippen molar-refractivity contribution in [1.82, 2.24) is 0 Å². The number of carboxylic acid groups (broad SMARTS) is 1. The fourth-order valence-corrected chi connectivity index (χ4v) is 1.91. The molecule has 0 aliphatic heterocycles. The Hall–Kier alpha value is -1.51. The number of aromatic hydroxyl groups is 1. The molecule has 0 aliphatic rings. The SMILES string of the molecule is CCC(C)C(C)(C(=O)O)c1ccccc1O. The van der Waals surface area contributed by atoms with E-state index in [-0.39, 0.29) is 11.7 Å². The monoisotopic (exact) mass is 222 g/mol. The van der Waals surface area contributed by atoms with Crippen molar-refractivity contribution in [3.63, 3.8) is 0 Å². The van der Waals surface area contributed by atoms with E-state index in [1.165, 1.54) is 6.07 Å². The minimum Gasteiger partial charge on any atom is -0.508 e. The van der Waals surface area contributed by atoms with Crippen molar-refractivity contribution in [3.8, 4) is 5.75 Å². The van der Waals surface area contributed by atoms with Crippen LogP contribution >= 0.6 is 0 Å². The molecule has 16 heavy (non-hydrogen) atoms. The molecule has 0 amide bonds. The zero-order valence-corrected chi connectivity index (χ0v) is 9.90. The Morgan fingerprint density at radius 2 is 2.00 bits per heavy atom. The number of carbonyl (C=O) groups is 1. The zero-order chi connectivity index (χ0) is 12.3. The third kappa shape index (κ3) is 1.90. The van der Waals surface area contributed by atoms with Crippen molar-refractivity contribution in [2.45, 2.75) is 32.6 Å². The maximum absolute atomic E-state index is 11.5. The van der Waals surface area contributed by atoms with Crippen LogP contribution in [0.5, 0.6) is 5.75 Å². The van der Waals surface area contributed by atoms with Crippen molar-refractivity contribution in [2.75, 3.05) is 0 Å². The molecule has 1 rings (SSSR count). The Balaban J connectivity index is 3.33. The molecule has 3 heteroatoms. The Bertz CT molecular complexity index is 387. The molecule has 2 N–H and O–H groups in total. The molecule has 0 aliphatic carbocycles. The molecule has 3 nitrogen and oxygen atoms in total. The molecule has 0 bridgehead atoms. The molecule has 0 heterocycles. The van der Waals surface area contributed by atoms with Gasteiger partial charge in [-0.3, -0.25) is 4.79 Å². The normalized spacial score (nSPS) is 16.4. The molecule has 0 radical (unpaired) electrons. The summed E-state index contributed by atoms with van der Waals surface area (Å²) in [6, 6.07) is 6.64. The molecule has 0 saturated carbocycles. The standard InChI is InChI=1S/C13H18O3/c1-4-9(2)13(3,12(15)16)10-7-5-6-8-11(10)14/h5-9,14H,4H2,1-3H3,(H,15,16). The third-order valence-electron chi connectivity index (χ3n) is 3.51. The van der Waals surface area contributed by atoms with E-state index >= 15 is 0 Å². The number of rotatable bonds is 4. The smallest absolute Gasteiger partial charge is 0.314 e. The lowest BCUT2D eigenvalue weighted by Crippen LogP contribution is -2.38. The van der Waals surface area contributed by atoms with Gasteiger partial charge in [0, 0.05) is 5.56 Å². The highest BCUT2D eigenvalue weighted by Gasteiger charge is 2.41. The lowest BCUT2D eigenvalue weighted by molar-refractivity contribution is -0.145. The van der Waals surface area contributed by atoms with Crippen LogP contribution in [0.1, 0.15) is 32.8 Å². The molecule has 0 saturated heterocycles. The Morgan fingerprint density at radius 1 is 1.44 bits per heavy atom. The van der Waals surface area contributed by atoms with Gasteiger partial charge >= 0.3 is 5.97 Å². The van der Waals surface area contributed by atoms with Crippen molar-refractivity contribution < 1.29 is 15.0 Å². The molecule has 0 fully saturated rings. The van der Waals surface area contributed by atoms with Gasteiger partial charge in [-0.15, -0.1) is 0 Å². The predicted octanol–water partition coefficient (Wildman–Crippen LogP) is 2.78. The van der Waals surface area contributed by atoms with Crippen LogP contribution in [0.25, 0.3) is 0 Å². The molecular formula is C13H18O3. The van der Waals surface area contributed by atoms with E-state index in [0.29, 0.717) is 5.56 Å². The number of carboxylic acids is 1. The number of hydrogen-bond acceptors (Lipinski definition) is 2. The summed E-state index contributed by atoms with van der Waals surface area (Å²) in [7, 11) is 0. The second-order valence-corrected chi connectivity index (χ2v) is 4.33. The molecule has 2 atom stereocenters. The summed E-state index contributed by atoms with van der Waals surface area (Å²) in [5, 5.41) is 19.2. The third-order valence-corrected chi connectivity index (χ3v) is 3.51. The molecule has 1 aromatic carbocycles. The summed E-state index contributed by atoms with van der Waals surface area (Å²) in [5.74, 6) is -0.894. The predicted molar refractivity (Wildman–Crippen MR) is 62.5 cm³/mol. The Kier molecular flexibility index (Phi) is 3.58. The maximum Gasteiger partial charge on any atom is 0.314 e. The summed E-state index contributed by atoms with van der Waals surface area (Å²) in [6.07, 6.45) is 0.747. The van der Waals surface area contributed by atoms with E-state index in [1.807, 2.05) is 13.8 Å². The van der Waals surface area contributed by atoms with Gasteiger partial charge in [-0.05, 0) is 18.9 Å². The van der Waals surface area contributed by atoms with Crippen LogP contribution in [0.15, 0.2) is 24.3 Å². The number of benzene rings is 1. The molecule has 0 spiro atoms. The molecular weight excluding hydrogens is 204 g/mol. The van der Waals surface area contributed by atoms with Gasteiger partial charge in [0.25, 0.3) is 0 Å². The van der Waals surface area contributed by atoms with E-state index in [1.54, 1.807) is 25.1 Å². The van der Waals surface area contributed by atoms with Crippen LogP contribution in [0.4, 0.5) is 0 Å². The van der Waals surface area contributed by atoms with Gasteiger partial charge < -0.3 is 10.2 Å². The lowest BCUT2D eigenvalue weighted by atomic mass is 9.71. The molecule has 1 aromatic rings. The topological polar surface area (TPSA) is 57.5 Å². The van der Waals surface area contributed by atoms with Crippen molar-refractivity contribution in [3.05, 3.63) is 29.8 Å². The van der Waals surface area contributed by atoms with Gasteiger partial charge in [-0.1, -0.05) is 38.5 Å².